The van der Waals surface area contributed by atoms with E-state index in [0.29, 0.717) is 6.04 Å². The van der Waals surface area contributed by atoms with E-state index in [0.717, 1.165) is 5.92 Å². The van der Waals surface area contributed by atoms with Gasteiger partial charge in [0, 0.05) is 6.04 Å². The first-order valence-electron chi connectivity index (χ1n) is 7.83. The van der Waals surface area contributed by atoms with E-state index in [2.05, 4.69) is 12.3 Å². The largest absolute Gasteiger partial charge is 0.271 e. The highest BCUT2D eigenvalue weighted by Crippen LogP contribution is 2.28. The molecule has 2 nitrogen and oxygen atoms in total. The van der Waals surface area contributed by atoms with E-state index < -0.39 is 0 Å². The van der Waals surface area contributed by atoms with E-state index >= 15 is 0 Å². The molecule has 1 aliphatic rings. The van der Waals surface area contributed by atoms with Crippen molar-refractivity contribution in [2.45, 2.75) is 90.0 Å². The third-order valence-electron chi connectivity index (χ3n) is 4.23. The molecule has 0 aliphatic heterocycles. The molecule has 0 aromatic carbocycles. The topological polar surface area (TPSA) is 38.0 Å². The van der Waals surface area contributed by atoms with Crippen LogP contribution in [0.2, 0.25) is 0 Å². The minimum Gasteiger partial charge on any atom is -0.271 e. The molecule has 0 spiro atoms. The van der Waals surface area contributed by atoms with Crippen molar-refractivity contribution in [2.75, 3.05) is 0 Å². The van der Waals surface area contributed by atoms with Crippen LogP contribution in [0.5, 0.6) is 0 Å². The summed E-state index contributed by atoms with van der Waals surface area (Å²) >= 11 is 0. The zero-order valence-electron chi connectivity index (χ0n) is 11.7. The Kier molecular flexibility index (Phi) is 8.72. The Bertz CT molecular complexity index is 164. The van der Waals surface area contributed by atoms with Crippen molar-refractivity contribution in [1.29, 1.82) is 0 Å². The first-order valence-corrected chi connectivity index (χ1v) is 7.83. The lowest BCUT2D eigenvalue weighted by Gasteiger charge is -2.26. The molecule has 1 fully saturated rings. The standard InChI is InChI=1S/C15H32N2/c1-2-3-4-5-9-12-15(17-16)13-14-10-7-6-8-11-14/h14-15,17H,2-13,16H2,1H3. The van der Waals surface area contributed by atoms with Gasteiger partial charge in [-0.3, -0.25) is 11.3 Å². The molecule has 1 unspecified atom stereocenters. The second kappa shape index (κ2) is 9.90. The van der Waals surface area contributed by atoms with Gasteiger partial charge in [0.25, 0.3) is 0 Å². The second-order valence-electron chi connectivity index (χ2n) is 5.81. The lowest BCUT2D eigenvalue weighted by molar-refractivity contribution is 0.288. The molecule has 1 aliphatic carbocycles. The summed E-state index contributed by atoms with van der Waals surface area (Å²) in [5.41, 5.74) is 3.04. The summed E-state index contributed by atoms with van der Waals surface area (Å²) in [5, 5.41) is 0. The van der Waals surface area contributed by atoms with Gasteiger partial charge < -0.3 is 0 Å². The molecule has 0 heterocycles. The van der Waals surface area contributed by atoms with Crippen molar-refractivity contribution in [3.05, 3.63) is 0 Å². The average Bonchev–Trinajstić information content (AvgIpc) is 2.38. The van der Waals surface area contributed by atoms with Crippen molar-refractivity contribution >= 4 is 0 Å². The molecule has 1 rings (SSSR count). The third kappa shape index (κ3) is 7.05. The Morgan fingerprint density at radius 3 is 2.41 bits per heavy atom. The maximum absolute atomic E-state index is 5.68. The first-order chi connectivity index (χ1) is 8.36. The van der Waals surface area contributed by atoms with Gasteiger partial charge in [-0.25, -0.2) is 0 Å². The highest BCUT2D eigenvalue weighted by molar-refractivity contribution is 4.73. The zero-order chi connectivity index (χ0) is 12.3. The molecule has 3 N–H and O–H groups in total. The van der Waals surface area contributed by atoms with Crippen LogP contribution < -0.4 is 11.3 Å². The molecular formula is C15H32N2. The van der Waals surface area contributed by atoms with Crippen molar-refractivity contribution in [3.8, 4) is 0 Å². The Morgan fingerprint density at radius 2 is 1.76 bits per heavy atom. The number of nitrogens with two attached hydrogens (primary N) is 1. The molecule has 0 saturated heterocycles. The summed E-state index contributed by atoms with van der Waals surface area (Å²) in [4.78, 5) is 0. The van der Waals surface area contributed by atoms with Crippen LogP contribution in [-0.2, 0) is 0 Å². The van der Waals surface area contributed by atoms with Gasteiger partial charge in [0.1, 0.15) is 0 Å². The summed E-state index contributed by atoms with van der Waals surface area (Å²) in [6, 6.07) is 0.569. The van der Waals surface area contributed by atoms with E-state index in [1.54, 1.807) is 0 Å². The number of unbranched alkanes of at least 4 members (excludes halogenated alkanes) is 4. The fraction of sp³-hybridized carbons (Fsp3) is 1.00. The molecule has 0 radical (unpaired) electrons. The van der Waals surface area contributed by atoms with Crippen LogP contribution in [0, 0.1) is 5.92 Å². The fourth-order valence-electron chi connectivity index (χ4n) is 3.09. The van der Waals surface area contributed by atoms with Gasteiger partial charge in [-0.15, -0.1) is 0 Å². The van der Waals surface area contributed by atoms with Gasteiger partial charge in [-0.1, -0.05) is 71.1 Å². The summed E-state index contributed by atoms with van der Waals surface area (Å²) < 4.78 is 0. The van der Waals surface area contributed by atoms with Crippen LogP contribution in [-0.4, -0.2) is 6.04 Å². The molecular weight excluding hydrogens is 208 g/mol. The van der Waals surface area contributed by atoms with Crippen molar-refractivity contribution in [3.63, 3.8) is 0 Å². The highest BCUT2D eigenvalue weighted by atomic mass is 15.2. The van der Waals surface area contributed by atoms with E-state index in [1.165, 1.54) is 77.0 Å². The van der Waals surface area contributed by atoms with E-state index in [1.807, 2.05) is 0 Å². The summed E-state index contributed by atoms with van der Waals surface area (Å²) in [6.07, 6.45) is 16.7. The van der Waals surface area contributed by atoms with E-state index in [4.69, 9.17) is 5.84 Å². The number of hydrogen-bond donors (Lipinski definition) is 2. The Morgan fingerprint density at radius 1 is 1.06 bits per heavy atom. The Labute approximate surface area is 108 Å². The highest BCUT2D eigenvalue weighted by Gasteiger charge is 2.17. The molecule has 1 atom stereocenters. The van der Waals surface area contributed by atoms with Crippen LogP contribution >= 0.6 is 0 Å². The SMILES string of the molecule is CCCCCCCC(CC1CCCCC1)NN. The normalized spacial score (nSPS) is 19.4. The van der Waals surface area contributed by atoms with Gasteiger partial charge in [0.05, 0.1) is 0 Å². The third-order valence-corrected chi connectivity index (χ3v) is 4.23. The second-order valence-corrected chi connectivity index (χ2v) is 5.81. The van der Waals surface area contributed by atoms with Crippen LogP contribution in [0.3, 0.4) is 0 Å². The van der Waals surface area contributed by atoms with Gasteiger partial charge in [-0.2, -0.15) is 0 Å². The smallest absolute Gasteiger partial charge is 0.0213 e. The molecule has 0 bridgehead atoms. The molecule has 0 aromatic heterocycles. The lowest BCUT2D eigenvalue weighted by atomic mass is 9.84. The van der Waals surface area contributed by atoms with E-state index in [9.17, 15) is 0 Å². The fourth-order valence-corrected chi connectivity index (χ4v) is 3.09. The first kappa shape index (κ1) is 15.0. The van der Waals surface area contributed by atoms with Crippen molar-refractivity contribution < 1.29 is 0 Å². The predicted octanol–water partition coefficient (Wildman–Crippen LogP) is 4.15. The lowest BCUT2D eigenvalue weighted by Crippen LogP contribution is -2.36. The summed E-state index contributed by atoms with van der Waals surface area (Å²) in [5.74, 6) is 6.63. The van der Waals surface area contributed by atoms with Gasteiger partial charge in [0.2, 0.25) is 0 Å². The number of hydrogen-bond acceptors (Lipinski definition) is 2. The zero-order valence-corrected chi connectivity index (χ0v) is 11.7. The predicted molar refractivity (Wildman–Crippen MR) is 75.7 cm³/mol. The minimum atomic E-state index is 0.569. The minimum absolute atomic E-state index is 0.569. The molecule has 0 aromatic rings. The quantitative estimate of drug-likeness (QED) is 0.361. The number of nitrogens with one attached hydrogen (secondary N) is 1. The maximum Gasteiger partial charge on any atom is 0.0213 e. The van der Waals surface area contributed by atoms with Crippen molar-refractivity contribution in [1.82, 2.24) is 5.43 Å². The van der Waals surface area contributed by atoms with Gasteiger partial charge in [-0.05, 0) is 18.8 Å². The molecule has 2 heteroatoms. The number of hydrazine groups is 1. The van der Waals surface area contributed by atoms with Gasteiger partial charge in [0.15, 0.2) is 0 Å². The van der Waals surface area contributed by atoms with Crippen molar-refractivity contribution in [2.24, 2.45) is 11.8 Å². The van der Waals surface area contributed by atoms with Crippen LogP contribution in [0.1, 0.15) is 84.0 Å². The van der Waals surface area contributed by atoms with Crippen LogP contribution in [0.25, 0.3) is 0 Å². The Balaban J connectivity index is 2.05. The molecule has 0 amide bonds. The number of rotatable bonds is 9. The molecule has 102 valence electrons. The molecule has 17 heavy (non-hydrogen) atoms. The monoisotopic (exact) mass is 240 g/mol. The Hall–Kier alpha value is -0.0800. The van der Waals surface area contributed by atoms with Crippen LogP contribution in [0.4, 0.5) is 0 Å². The summed E-state index contributed by atoms with van der Waals surface area (Å²) in [7, 11) is 0. The average molecular weight is 240 g/mol. The van der Waals surface area contributed by atoms with Gasteiger partial charge >= 0.3 is 0 Å². The summed E-state index contributed by atoms with van der Waals surface area (Å²) in [6.45, 7) is 2.27. The maximum atomic E-state index is 5.68. The molecule has 1 saturated carbocycles. The van der Waals surface area contributed by atoms with Crippen LogP contribution in [0.15, 0.2) is 0 Å². The van der Waals surface area contributed by atoms with E-state index in [-0.39, 0.29) is 0 Å².